The zero-order chi connectivity index (χ0) is 22.1. The van der Waals surface area contributed by atoms with Crippen molar-refractivity contribution in [3.8, 4) is 0 Å². The Bertz CT molecular complexity index is 364. The van der Waals surface area contributed by atoms with Crippen molar-refractivity contribution in [2.75, 3.05) is 0 Å². The number of carbonyl (C=O) groups is 4. The third-order valence-corrected chi connectivity index (χ3v) is 2.07. The molecule has 2 aliphatic carbocycles. The lowest BCUT2D eigenvalue weighted by atomic mass is 10.1. The third-order valence-electron chi connectivity index (χ3n) is 2.07. The van der Waals surface area contributed by atoms with Gasteiger partial charge in [-0.2, -0.15) is 0 Å². The fraction of sp³-hybridized carbons (Fsp3) is 0.467. The molecule has 0 unspecified atom stereocenters. The largest absolute Gasteiger partial charge is 0.503 e. The molecule has 158 valence electrons. The van der Waals surface area contributed by atoms with Crippen LogP contribution in [0.3, 0.4) is 0 Å². The van der Waals surface area contributed by atoms with Crippen molar-refractivity contribution in [3.63, 3.8) is 0 Å². The maximum absolute atomic E-state index is 8.56. The maximum Gasteiger partial charge on any atom is 0.503 e. The molecule has 0 atom stereocenters. The molecule has 2 rings (SSSR count). The van der Waals surface area contributed by atoms with Crippen LogP contribution in [0.5, 0.6) is 0 Å². The quantitative estimate of drug-likeness (QED) is 0.259. The molecule has 0 fully saturated rings. The van der Waals surface area contributed by atoms with Gasteiger partial charge in [-0.15, -0.1) is 0 Å². The normalized spacial score (nSPS) is 12.1. The van der Waals surface area contributed by atoms with Gasteiger partial charge in [0.1, 0.15) is 0 Å². The molecule has 12 heteroatoms. The summed E-state index contributed by atoms with van der Waals surface area (Å²) in [5.41, 5.74) is 0. The smallest absolute Gasteiger partial charge is 0.450 e. The SMILES string of the molecule is C1=CCCC1.C1=CCCCC1.O=C(O)O.O=C(O)O.O=C(O)O.O=C(O)O. The summed E-state index contributed by atoms with van der Waals surface area (Å²) >= 11 is 0. The van der Waals surface area contributed by atoms with Crippen LogP contribution in [-0.4, -0.2) is 65.5 Å². The highest BCUT2D eigenvalue weighted by atomic mass is 16.6. The average Bonchev–Trinajstić information content (AvgIpc) is 3.06. The van der Waals surface area contributed by atoms with E-state index in [-0.39, 0.29) is 0 Å². The van der Waals surface area contributed by atoms with Gasteiger partial charge in [0.15, 0.2) is 0 Å². The highest BCUT2D eigenvalue weighted by molar-refractivity contribution is 5.54. The maximum atomic E-state index is 8.56. The van der Waals surface area contributed by atoms with Gasteiger partial charge in [-0.1, -0.05) is 24.3 Å². The number of rotatable bonds is 0. The molecule has 0 aromatic rings. The van der Waals surface area contributed by atoms with Gasteiger partial charge in [0.25, 0.3) is 0 Å². The minimum Gasteiger partial charge on any atom is -0.450 e. The summed E-state index contributed by atoms with van der Waals surface area (Å²) in [6.45, 7) is 0. The van der Waals surface area contributed by atoms with Crippen molar-refractivity contribution in [1.29, 1.82) is 0 Å². The molecule has 0 heterocycles. The average molecular weight is 398 g/mol. The Kier molecular flexibility index (Phi) is 31.8. The molecule has 2 aliphatic rings. The molecule has 0 aliphatic heterocycles. The van der Waals surface area contributed by atoms with Crippen LogP contribution in [0.25, 0.3) is 0 Å². The predicted octanol–water partition coefficient (Wildman–Crippen LogP) is 4.73. The van der Waals surface area contributed by atoms with Crippen LogP contribution in [0, 0.1) is 0 Å². The molecule has 0 aromatic heterocycles. The van der Waals surface area contributed by atoms with Crippen LogP contribution in [-0.2, 0) is 0 Å². The van der Waals surface area contributed by atoms with E-state index in [0.717, 1.165) is 0 Å². The van der Waals surface area contributed by atoms with E-state index in [2.05, 4.69) is 24.3 Å². The second-order valence-electron chi connectivity index (χ2n) is 4.29. The Hall–Kier alpha value is -3.44. The summed E-state index contributed by atoms with van der Waals surface area (Å²) in [5.74, 6) is 0. The minimum atomic E-state index is -1.83. The van der Waals surface area contributed by atoms with Crippen molar-refractivity contribution in [2.24, 2.45) is 0 Å². The molecular weight excluding hydrogens is 372 g/mol. The predicted molar refractivity (Wildman–Crippen MR) is 93.2 cm³/mol. The lowest BCUT2D eigenvalue weighted by Gasteiger charge is -1.97. The number of hydrogen-bond acceptors (Lipinski definition) is 4. The van der Waals surface area contributed by atoms with E-state index in [1.807, 2.05) is 0 Å². The van der Waals surface area contributed by atoms with Crippen LogP contribution in [0.1, 0.15) is 44.9 Å². The van der Waals surface area contributed by atoms with Crippen molar-refractivity contribution in [2.45, 2.75) is 44.9 Å². The van der Waals surface area contributed by atoms with Gasteiger partial charge in [0.2, 0.25) is 0 Å². The van der Waals surface area contributed by atoms with Crippen LogP contribution >= 0.6 is 0 Å². The molecule has 0 bridgehead atoms. The van der Waals surface area contributed by atoms with E-state index < -0.39 is 24.6 Å². The molecule has 12 nitrogen and oxygen atoms in total. The third kappa shape index (κ3) is 167. The zero-order valence-electron chi connectivity index (χ0n) is 14.5. The highest BCUT2D eigenvalue weighted by Gasteiger charge is 1.87. The second kappa shape index (κ2) is 27.4. The standard InChI is InChI=1S/C6H10.C5H8.4CH2O3/c1-2-4-6-5-3-1;1-2-4-5-3-1;4*2-1(3)4/h1-2H,3-6H2;1-2H,3-5H2;4*(H2,2,3,4). The van der Waals surface area contributed by atoms with E-state index in [0.29, 0.717) is 0 Å². The Balaban J connectivity index is -0.000000119. The fourth-order valence-corrected chi connectivity index (χ4v) is 1.35. The van der Waals surface area contributed by atoms with Gasteiger partial charge in [0.05, 0.1) is 0 Å². The van der Waals surface area contributed by atoms with Crippen LogP contribution in [0.2, 0.25) is 0 Å². The van der Waals surface area contributed by atoms with E-state index in [1.54, 1.807) is 0 Å². The molecule has 0 saturated carbocycles. The lowest BCUT2D eigenvalue weighted by Crippen LogP contribution is -1.81. The summed E-state index contributed by atoms with van der Waals surface area (Å²) < 4.78 is 0. The van der Waals surface area contributed by atoms with Gasteiger partial charge in [-0.05, 0) is 44.9 Å². The summed E-state index contributed by atoms with van der Waals surface area (Å²) in [6.07, 6.45) is 11.2. The number of hydrogen-bond donors (Lipinski definition) is 8. The summed E-state index contributed by atoms with van der Waals surface area (Å²) in [4.78, 5) is 34.2. The Morgan fingerprint density at radius 1 is 0.407 bits per heavy atom. The molecule has 8 N–H and O–H groups in total. The first-order chi connectivity index (χ1) is 12.4. The molecule has 0 aromatic carbocycles. The van der Waals surface area contributed by atoms with Crippen LogP contribution < -0.4 is 0 Å². The van der Waals surface area contributed by atoms with Gasteiger partial charge in [-0.25, -0.2) is 19.2 Å². The van der Waals surface area contributed by atoms with Crippen LogP contribution in [0.4, 0.5) is 19.2 Å². The Morgan fingerprint density at radius 3 is 0.630 bits per heavy atom. The highest BCUT2D eigenvalue weighted by Crippen LogP contribution is 2.07. The molecule has 0 saturated heterocycles. The number of allylic oxidation sites excluding steroid dienone is 4. The Morgan fingerprint density at radius 2 is 0.556 bits per heavy atom. The van der Waals surface area contributed by atoms with E-state index in [1.165, 1.54) is 44.9 Å². The molecule has 27 heavy (non-hydrogen) atoms. The summed E-state index contributed by atoms with van der Waals surface area (Å²) in [6, 6.07) is 0. The number of carboxylic acid groups (broad SMARTS) is 8. The molecule has 0 radical (unpaired) electrons. The van der Waals surface area contributed by atoms with E-state index in [9.17, 15) is 0 Å². The second-order valence-corrected chi connectivity index (χ2v) is 4.29. The van der Waals surface area contributed by atoms with Gasteiger partial charge < -0.3 is 40.9 Å². The van der Waals surface area contributed by atoms with Crippen molar-refractivity contribution in [3.05, 3.63) is 24.3 Å². The van der Waals surface area contributed by atoms with Crippen molar-refractivity contribution >= 4 is 24.6 Å². The fourth-order valence-electron chi connectivity index (χ4n) is 1.35. The van der Waals surface area contributed by atoms with Gasteiger partial charge >= 0.3 is 24.6 Å². The minimum absolute atomic E-state index is 1.32. The summed E-state index contributed by atoms with van der Waals surface area (Å²) in [7, 11) is 0. The van der Waals surface area contributed by atoms with E-state index in [4.69, 9.17) is 60.0 Å². The van der Waals surface area contributed by atoms with Gasteiger partial charge in [-0.3, -0.25) is 0 Å². The van der Waals surface area contributed by atoms with E-state index >= 15 is 0 Å². The first-order valence-electron chi connectivity index (χ1n) is 7.41. The van der Waals surface area contributed by atoms with Crippen LogP contribution in [0.15, 0.2) is 24.3 Å². The lowest BCUT2D eigenvalue weighted by molar-refractivity contribution is 0.135. The van der Waals surface area contributed by atoms with Gasteiger partial charge in [0, 0.05) is 0 Å². The first kappa shape index (κ1) is 31.3. The first-order valence-corrected chi connectivity index (χ1v) is 7.41. The zero-order valence-corrected chi connectivity index (χ0v) is 14.5. The van der Waals surface area contributed by atoms with Crippen molar-refractivity contribution < 1.29 is 60.0 Å². The topological polar surface area (TPSA) is 230 Å². The monoisotopic (exact) mass is 398 g/mol. The summed E-state index contributed by atoms with van der Waals surface area (Å²) in [5, 5.41) is 55.8. The van der Waals surface area contributed by atoms with Crippen molar-refractivity contribution in [1.82, 2.24) is 0 Å². The Labute approximate surface area is 154 Å². The molecular formula is C15H26O12. The molecule has 0 amide bonds. The molecule has 0 spiro atoms.